The number of imidazole rings is 1. The molecular formula is C25H23F9N6O7. The third-order valence-corrected chi connectivity index (χ3v) is 5.97. The molecule has 0 bridgehead atoms. The molecule has 258 valence electrons. The molecule has 13 nitrogen and oxygen atoms in total. The zero-order valence-corrected chi connectivity index (χ0v) is 23.3. The van der Waals surface area contributed by atoms with Crippen LogP contribution in [0.3, 0.4) is 0 Å². The topological polar surface area (TPSA) is 200 Å². The van der Waals surface area contributed by atoms with Crippen molar-refractivity contribution in [1.82, 2.24) is 25.0 Å². The molecule has 0 radical (unpaired) electrons. The molecule has 0 amide bonds. The summed E-state index contributed by atoms with van der Waals surface area (Å²) >= 11 is 0. The van der Waals surface area contributed by atoms with Gasteiger partial charge in [-0.2, -0.15) is 44.2 Å². The van der Waals surface area contributed by atoms with Gasteiger partial charge >= 0.3 is 36.4 Å². The Kier molecular flexibility index (Phi) is 12.5. The minimum atomic E-state index is -5.08. The van der Waals surface area contributed by atoms with Crippen molar-refractivity contribution >= 4 is 29.4 Å². The van der Waals surface area contributed by atoms with Crippen molar-refractivity contribution in [2.75, 3.05) is 18.4 Å². The predicted octanol–water partition coefficient (Wildman–Crippen LogP) is 4.74. The number of nitrogens with one attached hydrogen (secondary N) is 2. The van der Waals surface area contributed by atoms with Crippen LogP contribution in [0, 0.1) is 5.92 Å². The molecule has 0 saturated carbocycles. The number of carbonyl (C=O) groups is 3. The number of carboxylic acid groups (broad SMARTS) is 3. The number of hydrogen-bond acceptors (Lipinski definition) is 9. The number of anilines is 2. The minimum absolute atomic E-state index is 0.539. The fourth-order valence-electron chi connectivity index (χ4n) is 3.89. The Morgan fingerprint density at radius 1 is 0.830 bits per heavy atom. The molecule has 0 unspecified atom stereocenters. The van der Waals surface area contributed by atoms with Gasteiger partial charge in [-0.25, -0.2) is 24.4 Å². The van der Waals surface area contributed by atoms with Crippen molar-refractivity contribution in [2.45, 2.75) is 37.8 Å². The number of rotatable bonds is 2. The van der Waals surface area contributed by atoms with Gasteiger partial charge in [0.15, 0.2) is 0 Å². The second-order valence-electron chi connectivity index (χ2n) is 9.29. The van der Waals surface area contributed by atoms with Crippen LogP contribution in [0.5, 0.6) is 0 Å². The quantitative estimate of drug-likeness (QED) is 0.125. The van der Waals surface area contributed by atoms with Crippen molar-refractivity contribution in [3.63, 3.8) is 0 Å². The van der Waals surface area contributed by atoms with Crippen LogP contribution < -0.4 is 10.6 Å². The minimum Gasteiger partial charge on any atom is -0.475 e. The van der Waals surface area contributed by atoms with Crippen LogP contribution >= 0.6 is 0 Å². The zero-order valence-electron chi connectivity index (χ0n) is 23.3. The molecule has 6 N–H and O–H groups in total. The van der Waals surface area contributed by atoms with Crippen LogP contribution in [0.2, 0.25) is 0 Å². The zero-order chi connectivity index (χ0) is 35.7. The Labute approximate surface area is 256 Å². The van der Waals surface area contributed by atoms with E-state index in [4.69, 9.17) is 34.7 Å². The number of halogens is 9. The highest BCUT2D eigenvalue weighted by Gasteiger charge is 2.39. The molecule has 3 aromatic rings. The maximum Gasteiger partial charge on any atom is 0.490 e. The van der Waals surface area contributed by atoms with E-state index in [1.165, 1.54) is 4.73 Å². The molecular weight excluding hydrogens is 667 g/mol. The Hall–Kier alpha value is -5.15. The lowest BCUT2D eigenvalue weighted by atomic mass is 9.94. The Morgan fingerprint density at radius 2 is 1.34 bits per heavy atom. The summed E-state index contributed by atoms with van der Waals surface area (Å²) in [6.45, 7) is 2.06. The van der Waals surface area contributed by atoms with Crippen LogP contribution in [0.15, 0.2) is 36.8 Å². The van der Waals surface area contributed by atoms with Crippen LogP contribution in [-0.4, -0.2) is 89.7 Å². The molecule has 47 heavy (non-hydrogen) atoms. The summed E-state index contributed by atoms with van der Waals surface area (Å²) in [5, 5.41) is 39.0. The van der Waals surface area contributed by atoms with Crippen LogP contribution in [0.1, 0.15) is 18.7 Å². The van der Waals surface area contributed by atoms with Crippen molar-refractivity contribution < 1.29 is 74.4 Å². The highest BCUT2D eigenvalue weighted by Crippen LogP contribution is 2.43. The molecule has 22 heteroatoms. The van der Waals surface area contributed by atoms with Gasteiger partial charge in [-0.05, 0) is 50.0 Å². The number of pyridine rings is 2. The van der Waals surface area contributed by atoms with Gasteiger partial charge in [-0.15, -0.1) is 0 Å². The lowest BCUT2D eigenvalue weighted by Crippen LogP contribution is -2.29. The van der Waals surface area contributed by atoms with Crippen molar-refractivity contribution in [1.29, 1.82) is 0 Å². The van der Waals surface area contributed by atoms with Crippen LogP contribution in [0.4, 0.5) is 51.0 Å². The van der Waals surface area contributed by atoms with E-state index >= 15 is 0 Å². The maximum atomic E-state index is 11.0. The van der Waals surface area contributed by atoms with Gasteiger partial charge in [-0.1, -0.05) is 0 Å². The number of alkyl halides is 9. The number of fused-ring (bicyclic) bond motifs is 5. The monoisotopic (exact) mass is 690 g/mol. The number of nitrogens with zero attached hydrogens (tertiary/aromatic N) is 4. The summed E-state index contributed by atoms with van der Waals surface area (Å²) in [6.07, 6.45) is -7.01. The van der Waals surface area contributed by atoms with Crippen molar-refractivity contribution in [2.24, 2.45) is 5.92 Å². The van der Waals surface area contributed by atoms with Crippen LogP contribution in [0.25, 0.3) is 22.5 Å². The predicted molar refractivity (Wildman–Crippen MR) is 140 cm³/mol. The smallest absolute Gasteiger partial charge is 0.475 e. The molecule has 0 aliphatic carbocycles. The number of piperidine rings is 1. The first-order valence-corrected chi connectivity index (χ1v) is 12.7. The highest BCUT2D eigenvalue weighted by atomic mass is 19.4. The normalized spacial score (nSPS) is 14.0. The van der Waals surface area contributed by atoms with Crippen LogP contribution in [-0.2, 0) is 20.8 Å². The molecule has 5 rings (SSSR count). The molecule has 0 atom stereocenters. The highest BCUT2D eigenvalue weighted by molar-refractivity contribution is 5.94. The number of aliphatic carboxylic acids is 3. The second-order valence-corrected chi connectivity index (χ2v) is 9.29. The first kappa shape index (κ1) is 38.0. The lowest BCUT2D eigenvalue weighted by Gasteiger charge is -2.21. The fraction of sp³-hybridized carbons (Fsp3) is 0.360. The summed E-state index contributed by atoms with van der Waals surface area (Å²) in [6, 6.07) is 5.75. The van der Waals surface area contributed by atoms with Gasteiger partial charge in [-0.3, -0.25) is 4.98 Å². The lowest BCUT2D eigenvalue weighted by molar-refractivity contribution is -0.193. The van der Waals surface area contributed by atoms with E-state index in [0.29, 0.717) is 23.3 Å². The Bertz CT molecular complexity index is 1500. The van der Waals surface area contributed by atoms with E-state index < -0.39 is 36.4 Å². The average Bonchev–Trinajstić information content (AvgIpc) is 3.20. The SMILES string of the molecule is O=C(O)C(F)(F)F.O=C(O)C(F)(F)F.O=C(O)C(F)(F)F.On1c(CC2CCNCC2)nc2c1-c1cccnc1Nc1cnccc1-2. The van der Waals surface area contributed by atoms with E-state index in [2.05, 4.69) is 20.6 Å². The molecule has 5 heterocycles. The van der Waals surface area contributed by atoms with Gasteiger partial charge in [0.2, 0.25) is 0 Å². The van der Waals surface area contributed by atoms with Crippen molar-refractivity contribution in [3.8, 4) is 22.5 Å². The molecule has 2 aliphatic rings. The molecule has 1 saturated heterocycles. The number of carboxylic acids is 3. The summed E-state index contributed by atoms with van der Waals surface area (Å²) in [4.78, 5) is 40.2. The average molecular weight is 690 g/mol. The molecule has 3 aromatic heterocycles. The van der Waals surface area contributed by atoms with E-state index in [1.807, 2.05) is 18.2 Å². The van der Waals surface area contributed by atoms with E-state index in [0.717, 1.165) is 54.9 Å². The van der Waals surface area contributed by atoms with Gasteiger partial charge < -0.3 is 31.2 Å². The van der Waals surface area contributed by atoms with Gasteiger partial charge in [0.05, 0.1) is 11.9 Å². The largest absolute Gasteiger partial charge is 0.490 e. The van der Waals surface area contributed by atoms with E-state index in [-0.39, 0.29) is 0 Å². The third kappa shape index (κ3) is 11.0. The Morgan fingerprint density at radius 3 is 1.83 bits per heavy atom. The summed E-state index contributed by atoms with van der Waals surface area (Å²) in [5.74, 6) is -6.32. The first-order chi connectivity index (χ1) is 21.6. The summed E-state index contributed by atoms with van der Waals surface area (Å²) < 4.78 is 96.5. The maximum absolute atomic E-state index is 11.0. The van der Waals surface area contributed by atoms with Crippen molar-refractivity contribution in [3.05, 3.63) is 42.6 Å². The van der Waals surface area contributed by atoms with E-state index in [9.17, 15) is 44.7 Å². The fourth-order valence-corrected chi connectivity index (χ4v) is 3.89. The molecule has 0 spiro atoms. The Balaban J connectivity index is 0.000000301. The summed E-state index contributed by atoms with van der Waals surface area (Å²) in [5.41, 5.74) is 4.07. The first-order valence-electron chi connectivity index (χ1n) is 12.7. The summed E-state index contributed by atoms with van der Waals surface area (Å²) in [7, 11) is 0. The molecule has 1 fully saturated rings. The second kappa shape index (κ2) is 15.4. The molecule has 0 aromatic carbocycles. The third-order valence-electron chi connectivity index (χ3n) is 5.97. The van der Waals surface area contributed by atoms with Gasteiger partial charge in [0.25, 0.3) is 0 Å². The number of aromatic nitrogens is 4. The van der Waals surface area contributed by atoms with E-state index in [1.54, 1.807) is 18.6 Å². The molecule has 2 aliphatic heterocycles. The number of hydrogen-bond donors (Lipinski definition) is 6. The van der Waals surface area contributed by atoms with Gasteiger partial charge in [0, 0.05) is 29.9 Å². The van der Waals surface area contributed by atoms with Gasteiger partial charge in [0.1, 0.15) is 23.0 Å². The standard InChI is InChI=1S/C19H20N6O.3C2HF3O2/c26-25-16(10-12-3-7-20-8-4-12)24-17-13-5-9-21-11-15(13)23-19-14(18(17)25)2-1-6-22-19;3*3-2(4,5)1(6)7/h1-2,5-6,9,11-12,20,26H,3-4,7-8,10H2,(H,22,23);3*(H,6,7).